The van der Waals surface area contributed by atoms with E-state index in [2.05, 4.69) is 11.4 Å². The summed E-state index contributed by atoms with van der Waals surface area (Å²) in [6, 6.07) is 6.40. The Morgan fingerprint density at radius 2 is 2.19 bits per heavy atom. The number of benzene rings is 1. The van der Waals surface area contributed by atoms with Crippen molar-refractivity contribution in [1.29, 1.82) is 5.41 Å². The molecule has 2 aliphatic rings. The van der Waals surface area contributed by atoms with Gasteiger partial charge in [-0.15, -0.1) is 0 Å². The molecule has 0 saturated carbocycles. The minimum Gasteiger partial charge on any atom is -0.399 e. The zero-order valence-corrected chi connectivity index (χ0v) is 9.03. The zero-order valence-electron chi connectivity index (χ0n) is 9.03. The van der Waals surface area contributed by atoms with Crippen molar-refractivity contribution >= 4 is 17.1 Å². The third kappa shape index (κ3) is 1.48. The maximum atomic E-state index is 7.68. The Morgan fingerprint density at radius 3 is 3.06 bits per heavy atom. The SMILES string of the molecule is N=C1C=CC2Cc3cc(N)ccc3NC2C1. The first kappa shape index (κ1) is 9.46. The average molecular weight is 213 g/mol. The lowest BCUT2D eigenvalue weighted by atomic mass is 9.81. The first-order valence-corrected chi connectivity index (χ1v) is 5.63. The van der Waals surface area contributed by atoms with E-state index in [9.17, 15) is 0 Å². The van der Waals surface area contributed by atoms with Gasteiger partial charge in [0.2, 0.25) is 0 Å². The number of rotatable bonds is 0. The average Bonchev–Trinajstić information content (AvgIpc) is 2.26. The fraction of sp³-hybridized carbons (Fsp3) is 0.308. The summed E-state index contributed by atoms with van der Waals surface area (Å²) in [5, 5.41) is 11.2. The summed E-state index contributed by atoms with van der Waals surface area (Å²) in [5.41, 5.74) is 9.80. The Kier molecular flexibility index (Phi) is 1.99. The molecular weight excluding hydrogens is 198 g/mol. The van der Waals surface area contributed by atoms with E-state index in [1.165, 1.54) is 11.3 Å². The van der Waals surface area contributed by atoms with E-state index < -0.39 is 0 Å². The first-order valence-electron chi connectivity index (χ1n) is 5.63. The Bertz CT molecular complexity index is 476. The fourth-order valence-electron chi connectivity index (χ4n) is 2.58. The second kappa shape index (κ2) is 3.37. The molecule has 1 heterocycles. The van der Waals surface area contributed by atoms with Crippen molar-refractivity contribution in [2.75, 3.05) is 11.1 Å². The van der Waals surface area contributed by atoms with E-state index in [0.717, 1.165) is 18.5 Å². The molecule has 0 saturated heterocycles. The molecule has 0 aromatic heterocycles. The number of nitrogens with two attached hydrogens (primary N) is 1. The number of nitrogens with one attached hydrogen (secondary N) is 2. The molecule has 2 unspecified atom stereocenters. The van der Waals surface area contributed by atoms with Gasteiger partial charge >= 0.3 is 0 Å². The lowest BCUT2D eigenvalue weighted by molar-refractivity contribution is 0.516. The van der Waals surface area contributed by atoms with Gasteiger partial charge in [-0.2, -0.15) is 0 Å². The predicted molar refractivity (Wildman–Crippen MR) is 66.9 cm³/mol. The highest BCUT2D eigenvalue weighted by molar-refractivity contribution is 5.94. The summed E-state index contributed by atoms with van der Waals surface area (Å²) < 4.78 is 0. The summed E-state index contributed by atoms with van der Waals surface area (Å²) in [4.78, 5) is 0. The molecule has 3 heteroatoms. The number of anilines is 2. The lowest BCUT2D eigenvalue weighted by Crippen LogP contribution is -2.37. The summed E-state index contributed by atoms with van der Waals surface area (Å²) in [5.74, 6) is 0.503. The molecule has 3 rings (SSSR count). The van der Waals surface area contributed by atoms with E-state index in [-0.39, 0.29) is 0 Å². The molecule has 3 nitrogen and oxygen atoms in total. The molecule has 82 valence electrons. The van der Waals surface area contributed by atoms with Gasteiger partial charge < -0.3 is 16.5 Å². The maximum Gasteiger partial charge on any atom is 0.0382 e. The van der Waals surface area contributed by atoms with E-state index in [4.69, 9.17) is 11.1 Å². The third-order valence-corrected chi connectivity index (χ3v) is 3.43. The Hall–Kier alpha value is -1.77. The van der Waals surface area contributed by atoms with Gasteiger partial charge in [0.1, 0.15) is 0 Å². The van der Waals surface area contributed by atoms with Crippen LogP contribution in [0.15, 0.2) is 30.4 Å². The fourth-order valence-corrected chi connectivity index (χ4v) is 2.58. The summed E-state index contributed by atoms with van der Waals surface area (Å²) in [6.45, 7) is 0. The van der Waals surface area contributed by atoms with Crippen molar-refractivity contribution in [3.05, 3.63) is 35.9 Å². The number of hydrogen-bond donors (Lipinski definition) is 3. The number of fused-ring (bicyclic) bond motifs is 2. The Balaban J connectivity index is 1.96. The number of nitrogen functional groups attached to an aromatic ring is 1. The lowest BCUT2D eigenvalue weighted by Gasteiger charge is -2.35. The smallest absolute Gasteiger partial charge is 0.0382 e. The zero-order chi connectivity index (χ0) is 11.1. The van der Waals surface area contributed by atoms with Crippen molar-refractivity contribution in [3.8, 4) is 0 Å². The van der Waals surface area contributed by atoms with Gasteiger partial charge in [-0.25, -0.2) is 0 Å². The van der Waals surface area contributed by atoms with E-state index >= 15 is 0 Å². The molecule has 1 aromatic rings. The van der Waals surface area contributed by atoms with E-state index in [0.29, 0.717) is 17.7 Å². The van der Waals surface area contributed by atoms with Crippen LogP contribution in [0.2, 0.25) is 0 Å². The molecule has 0 fully saturated rings. The van der Waals surface area contributed by atoms with Crippen LogP contribution < -0.4 is 11.1 Å². The third-order valence-electron chi connectivity index (χ3n) is 3.43. The van der Waals surface area contributed by atoms with Gasteiger partial charge in [0.05, 0.1) is 0 Å². The van der Waals surface area contributed by atoms with E-state index in [1.54, 1.807) is 0 Å². The van der Waals surface area contributed by atoms with Crippen LogP contribution in [0.25, 0.3) is 0 Å². The quantitative estimate of drug-likeness (QED) is 0.578. The summed E-state index contributed by atoms with van der Waals surface area (Å²) >= 11 is 0. The van der Waals surface area contributed by atoms with Crippen LogP contribution in [0.5, 0.6) is 0 Å². The molecule has 2 atom stereocenters. The van der Waals surface area contributed by atoms with Crippen LogP contribution in [0, 0.1) is 11.3 Å². The van der Waals surface area contributed by atoms with Crippen molar-refractivity contribution in [1.82, 2.24) is 0 Å². The van der Waals surface area contributed by atoms with Gasteiger partial charge in [0.15, 0.2) is 0 Å². The molecule has 0 bridgehead atoms. The molecule has 1 aliphatic carbocycles. The molecule has 0 amide bonds. The van der Waals surface area contributed by atoms with E-state index in [1.807, 2.05) is 24.3 Å². The van der Waals surface area contributed by atoms with Crippen molar-refractivity contribution in [3.63, 3.8) is 0 Å². The van der Waals surface area contributed by atoms with Gasteiger partial charge in [0, 0.05) is 35.5 Å². The second-order valence-corrected chi connectivity index (χ2v) is 4.62. The largest absolute Gasteiger partial charge is 0.399 e. The Labute approximate surface area is 94.9 Å². The molecule has 0 spiro atoms. The van der Waals surface area contributed by atoms with Crippen LogP contribution in [0.3, 0.4) is 0 Å². The minimum absolute atomic E-state index is 0.383. The predicted octanol–water partition coefficient (Wildman–Crippen LogP) is 2.20. The first-order chi connectivity index (χ1) is 7.72. The topological polar surface area (TPSA) is 61.9 Å². The normalized spacial score (nSPS) is 26.9. The maximum absolute atomic E-state index is 7.68. The second-order valence-electron chi connectivity index (χ2n) is 4.62. The van der Waals surface area contributed by atoms with Crippen LogP contribution in [-0.4, -0.2) is 11.8 Å². The van der Waals surface area contributed by atoms with Crippen LogP contribution in [0.4, 0.5) is 11.4 Å². The van der Waals surface area contributed by atoms with Crippen LogP contribution in [0.1, 0.15) is 12.0 Å². The molecular formula is C13H15N3. The molecule has 1 aliphatic heterocycles. The van der Waals surface area contributed by atoms with Crippen molar-refractivity contribution in [2.24, 2.45) is 5.92 Å². The summed E-state index contributed by atoms with van der Waals surface area (Å²) in [7, 11) is 0. The molecule has 1 aromatic carbocycles. The summed E-state index contributed by atoms with van der Waals surface area (Å²) in [6.07, 6.45) is 5.93. The van der Waals surface area contributed by atoms with Crippen molar-refractivity contribution in [2.45, 2.75) is 18.9 Å². The molecule has 4 N–H and O–H groups in total. The van der Waals surface area contributed by atoms with Gasteiger partial charge in [-0.3, -0.25) is 0 Å². The number of allylic oxidation sites excluding steroid dienone is 1. The van der Waals surface area contributed by atoms with Gasteiger partial charge in [-0.05, 0) is 36.3 Å². The highest BCUT2D eigenvalue weighted by Crippen LogP contribution is 2.33. The highest BCUT2D eigenvalue weighted by atomic mass is 14.9. The molecule has 16 heavy (non-hydrogen) atoms. The van der Waals surface area contributed by atoms with Gasteiger partial charge in [-0.1, -0.05) is 6.08 Å². The Morgan fingerprint density at radius 1 is 1.31 bits per heavy atom. The molecule has 0 radical (unpaired) electrons. The van der Waals surface area contributed by atoms with Gasteiger partial charge in [0.25, 0.3) is 0 Å². The monoisotopic (exact) mass is 213 g/mol. The minimum atomic E-state index is 0.383. The van der Waals surface area contributed by atoms with Crippen molar-refractivity contribution < 1.29 is 0 Å². The van der Waals surface area contributed by atoms with Crippen LogP contribution >= 0.6 is 0 Å². The standard InChI is InChI=1S/C13H15N3/c14-10-3-4-12-9(6-10)5-8-1-2-11(15)7-13(8)16-12/h1-4,6,8,13,15-16H,5,7,14H2. The highest BCUT2D eigenvalue weighted by Gasteiger charge is 2.29. The van der Waals surface area contributed by atoms with Crippen LogP contribution in [-0.2, 0) is 6.42 Å². The number of hydrogen-bond acceptors (Lipinski definition) is 3.